The number of nitrogens with one attached hydrogen (secondary N) is 1. The van der Waals surface area contributed by atoms with E-state index in [9.17, 15) is 31.1 Å². The summed E-state index contributed by atoms with van der Waals surface area (Å²) >= 11 is 0. The number of piperazine rings is 1. The van der Waals surface area contributed by atoms with Crippen LogP contribution in [0.4, 0.5) is 36.8 Å². The Bertz CT molecular complexity index is 1150. The van der Waals surface area contributed by atoms with Gasteiger partial charge in [0.05, 0.1) is 17.7 Å². The number of hydrogen-bond donors (Lipinski definition) is 1. The van der Waals surface area contributed by atoms with Gasteiger partial charge in [-0.25, -0.2) is 4.79 Å². The second kappa shape index (κ2) is 9.56. The molecule has 0 spiro atoms. The fraction of sp³-hybridized carbons (Fsp3) is 0.318. The zero-order valence-corrected chi connectivity index (χ0v) is 18.0. The number of hydrogen-bond acceptors (Lipinski definition) is 5. The molecule has 0 atom stereocenters. The third kappa shape index (κ3) is 6.10. The van der Waals surface area contributed by atoms with Crippen molar-refractivity contribution in [3.05, 3.63) is 65.5 Å². The van der Waals surface area contributed by atoms with Gasteiger partial charge < -0.3 is 14.7 Å². The summed E-state index contributed by atoms with van der Waals surface area (Å²) < 4.78 is 81.2. The van der Waals surface area contributed by atoms with Crippen LogP contribution in [-0.4, -0.2) is 52.2 Å². The molecular weight excluding hydrogens is 480 g/mol. The molecule has 1 aromatic heterocycles. The number of nitrogens with zero attached hydrogens (tertiary/aromatic N) is 4. The third-order valence-electron chi connectivity index (χ3n) is 5.42. The topological polar surface area (TPSA) is 74.5 Å². The predicted octanol–water partition coefficient (Wildman–Crippen LogP) is 5.12. The summed E-state index contributed by atoms with van der Waals surface area (Å²) in [6, 6.07) is 8.16. The smallest absolute Gasteiger partial charge is 0.334 e. The van der Waals surface area contributed by atoms with Gasteiger partial charge in [-0.05, 0) is 48.5 Å². The van der Waals surface area contributed by atoms with Crippen LogP contribution >= 0.6 is 0 Å². The van der Waals surface area contributed by atoms with E-state index in [4.69, 9.17) is 4.52 Å². The molecule has 1 aliphatic heterocycles. The Labute approximate surface area is 195 Å². The summed E-state index contributed by atoms with van der Waals surface area (Å²) in [6.45, 7) is 2.04. The number of aromatic nitrogens is 2. The first kappa shape index (κ1) is 24.5. The number of benzene rings is 2. The Morgan fingerprint density at radius 2 is 1.40 bits per heavy atom. The summed E-state index contributed by atoms with van der Waals surface area (Å²) in [5.41, 5.74) is -0.956. The quantitative estimate of drug-likeness (QED) is 0.505. The molecule has 0 unspecified atom stereocenters. The lowest BCUT2D eigenvalue weighted by molar-refractivity contribution is -0.138. The minimum atomic E-state index is -4.45. The number of carbonyl (C=O) groups excluding carboxylic acids is 1. The van der Waals surface area contributed by atoms with Gasteiger partial charge in [0.25, 0.3) is 5.89 Å². The average molecular weight is 499 g/mol. The van der Waals surface area contributed by atoms with Crippen LogP contribution in [0.5, 0.6) is 0 Å². The Morgan fingerprint density at radius 3 is 1.94 bits per heavy atom. The fourth-order valence-corrected chi connectivity index (χ4v) is 3.49. The van der Waals surface area contributed by atoms with Crippen LogP contribution in [0.25, 0.3) is 11.5 Å². The Morgan fingerprint density at radius 1 is 0.857 bits per heavy atom. The molecule has 2 heterocycles. The van der Waals surface area contributed by atoms with E-state index in [1.807, 2.05) is 4.90 Å². The standard InChI is InChI=1S/C22H19F6N5O2/c23-21(24,25)15-3-1-14(2-4-15)19-30-18(31-35-19)13-32-9-11-33(12-10-32)20(34)29-17-7-5-16(6-8-17)22(26,27)28/h1-8H,9-13H2,(H,29,34). The van der Waals surface area contributed by atoms with Gasteiger partial charge in [-0.15, -0.1) is 0 Å². The van der Waals surface area contributed by atoms with Crippen LogP contribution in [0, 0.1) is 0 Å². The average Bonchev–Trinajstić information content (AvgIpc) is 3.27. The molecule has 0 saturated carbocycles. The number of rotatable bonds is 4. The van der Waals surface area contributed by atoms with Gasteiger partial charge in [0.2, 0.25) is 0 Å². The van der Waals surface area contributed by atoms with Gasteiger partial charge in [0.15, 0.2) is 5.82 Å². The van der Waals surface area contributed by atoms with Crippen LogP contribution in [-0.2, 0) is 18.9 Å². The number of halogens is 6. The number of amides is 2. The lowest BCUT2D eigenvalue weighted by Gasteiger charge is -2.34. The molecular formula is C22H19F6N5O2. The fourth-order valence-electron chi connectivity index (χ4n) is 3.49. The summed E-state index contributed by atoms with van der Waals surface area (Å²) in [5, 5.41) is 6.45. The molecule has 1 fully saturated rings. The number of anilines is 1. The van der Waals surface area contributed by atoms with E-state index in [2.05, 4.69) is 15.5 Å². The molecule has 13 heteroatoms. The van der Waals surface area contributed by atoms with Gasteiger partial charge in [-0.2, -0.15) is 31.3 Å². The highest BCUT2D eigenvalue weighted by Crippen LogP contribution is 2.31. The minimum Gasteiger partial charge on any atom is -0.334 e. The molecule has 4 rings (SSSR count). The second-order valence-corrected chi connectivity index (χ2v) is 7.86. The Balaban J connectivity index is 1.27. The first-order valence-electron chi connectivity index (χ1n) is 10.4. The van der Waals surface area contributed by atoms with Crippen molar-refractivity contribution in [3.8, 4) is 11.5 Å². The van der Waals surface area contributed by atoms with Crippen molar-refractivity contribution in [1.82, 2.24) is 19.9 Å². The Hall–Kier alpha value is -3.61. The molecule has 1 N–H and O–H groups in total. The highest BCUT2D eigenvalue weighted by Gasteiger charge is 2.31. The first-order valence-corrected chi connectivity index (χ1v) is 10.4. The van der Waals surface area contributed by atoms with Crippen molar-refractivity contribution >= 4 is 11.7 Å². The molecule has 35 heavy (non-hydrogen) atoms. The molecule has 0 aliphatic carbocycles. The maximum Gasteiger partial charge on any atom is 0.416 e. The Kier molecular flexibility index (Phi) is 6.70. The van der Waals surface area contributed by atoms with Crippen LogP contribution in [0.1, 0.15) is 17.0 Å². The second-order valence-electron chi connectivity index (χ2n) is 7.86. The number of urea groups is 1. The van der Waals surface area contributed by atoms with E-state index in [1.54, 1.807) is 0 Å². The molecule has 1 saturated heterocycles. The maximum atomic E-state index is 12.7. The van der Waals surface area contributed by atoms with Crippen LogP contribution in [0.3, 0.4) is 0 Å². The van der Waals surface area contributed by atoms with E-state index >= 15 is 0 Å². The molecule has 186 valence electrons. The van der Waals surface area contributed by atoms with Crippen molar-refractivity contribution in [2.75, 3.05) is 31.5 Å². The van der Waals surface area contributed by atoms with Crippen molar-refractivity contribution < 1.29 is 35.7 Å². The molecule has 2 amide bonds. The van der Waals surface area contributed by atoms with Gasteiger partial charge in [0.1, 0.15) is 0 Å². The SMILES string of the molecule is O=C(Nc1ccc(C(F)(F)F)cc1)N1CCN(Cc2noc(-c3ccc(C(F)(F)F)cc3)n2)CC1. The van der Waals surface area contributed by atoms with E-state index in [0.29, 0.717) is 44.1 Å². The molecule has 1 aliphatic rings. The van der Waals surface area contributed by atoms with Crippen molar-refractivity contribution in [2.24, 2.45) is 0 Å². The first-order chi connectivity index (χ1) is 16.5. The van der Waals surface area contributed by atoms with E-state index in [0.717, 1.165) is 24.3 Å². The molecule has 2 aromatic carbocycles. The molecule has 0 radical (unpaired) electrons. The summed E-state index contributed by atoms with van der Waals surface area (Å²) in [4.78, 5) is 20.2. The third-order valence-corrected chi connectivity index (χ3v) is 5.42. The van der Waals surface area contributed by atoms with Crippen molar-refractivity contribution in [2.45, 2.75) is 18.9 Å². The van der Waals surface area contributed by atoms with Gasteiger partial charge in [0, 0.05) is 37.4 Å². The normalized spacial score (nSPS) is 15.3. The van der Waals surface area contributed by atoms with Crippen molar-refractivity contribution in [3.63, 3.8) is 0 Å². The summed E-state index contributed by atoms with van der Waals surface area (Å²) in [7, 11) is 0. The zero-order chi connectivity index (χ0) is 25.2. The lowest BCUT2D eigenvalue weighted by Crippen LogP contribution is -2.49. The summed E-state index contributed by atoms with van der Waals surface area (Å²) in [6.07, 6.45) is -8.88. The van der Waals surface area contributed by atoms with Gasteiger partial charge in [-0.1, -0.05) is 5.16 Å². The van der Waals surface area contributed by atoms with Gasteiger partial charge >= 0.3 is 18.4 Å². The van der Waals surface area contributed by atoms with Gasteiger partial charge in [-0.3, -0.25) is 4.90 Å². The number of alkyl halides is 6. The van der Waals surface area contributed by atoms with Crippen LogP contribution in [0.2, 0.25) is 0 Å². The largest absolute Gasteiger partial charge is 0.416 e. The van der Waals surface area contributed by atoms with Crippen LogP contribution in [0.15, 0.2) is 53.1 Å². The molecule has 3 aromatic rings. The predicted molar refractivity (Wildman–Crippen MR) is 112 cm³/mol. The van der Waals surface area contributed by atoms with E-state index in [-0.39, 0.29) is 11.6 Å². The zero-order valence-electron chi connectivity index (χ0n) is 18.0. The van der Waals surface area contributed by atoms with E-state index < -0.39 is 29.5 Å². The molecule has 7 nitrogen and oxygen atoms in total. The maximum absolute atomic E-state index is 12.7. The number of carbonyl (C=O) groups is 1. The van der Waals surface area contributed by atoms with Crippen LogP contribution < -0.4 is 5.32 Å². The minimum absolute atomic E-state index is 0.100. The monoisotopic (exact) mass is 499 g/mol. The summed E-state index contributed by atoms with van der Waals surface area (Å²) in [5.74, 6) is 0.450. The highest BCUT2D eigenvalue weighted by atomic mass is 19.4. The van der Waals surface area contributed by atoms with Crippen molar-refractivity contribution in [1.29, 1.82) is 0 Å². The molecule has 0 bridgehead atoms. The highest BCUT2D eigenvalue weighted by molar-refractivity contribution is 5.89. The lowest BCUT2D eigenvalue weighted by atomic mass is 10.1. The van der Waals surface area contributed by atoms with E-state index in [1.165, 1.54) is 29.2 Å².